The van der Waals surface area contributed by atoms with Gasteiger partial charge in [0.05, 0.1) is 0 Å². The maximum atomic E-state index is 10.2. The lowest BCUT2D eigenvalue weighted by molar-refractivity contribution is 0.413. The SMILES string of the molecule is CCCCc1cc(C2CCCCC2)c(O)cc1C. The molecule has 0 aromatic heterocycles. The van der Waals surface area contributed by atoms with Crippen LogP contribution in [0, 0.1) is 6.92 Å². The van der Waals surface area contributed by atoms with E-state index in [-0.39, 0.29) is 0 Å². The van der Waals surface area contributed by atoms with Gasteiger partial charge in [0.15, 0.2) is 0 Å². The van der Waals surface area contributed by atoms with Crippen molar-refractivity contribution >= 4 is 0 Å². The summed E-state index contributed by atoms with van der Waals surface area (Å²) in [4.78, 5) is 0. The molecule has 1 aliphatic carbocycles. The Hall–Kier alpha value is -0.980. The van der Waals surface area contributed by atoms with Crippen molar-refractivity contribution in [2.45, 2.75) is 71.1 Å². The number of aryl methyl sites for hydroxylation is 2. The Morgan fingerprint density at radius 2 is 1.89 bits per heavy atom. The second kappa shape index (κ2) is 6.26. The zero-order valence-electron chi connectivity index (χ0n) is 11.8. The second-order valence-electron chi connectivity index (χ2n) is 5.78. The lowest BCUT2D eigenvalue weighted by Gasteiger charge is -2.24. The van der Waals surface area contributed by atoms with Gasteiger partial charge in [0.2, 0.25) is 0 Å². The van der Waals surface area contributed by atoms with Gasteiger partial charge in [0.1, 0.15) is 5.75 Å². The molecule has 2 rings (SSSR count). The molecule has 0 atom stereocenters. The highest BCUT2D eigenvalue weighted by atomic mass is 16.3. The molecule has 0 spiro atoms. The van der Waals surface area contributed by atoms with E-state index < -0.39 is 0 Å². The van der Waals surface area contributed by atoms with E-state index in [4.69, 9.17) is 0 Å². The average molecular weight is 246 g/mol. The lowest BCUT2D eigenvalue weighted by Crippen LogP contribution is -2.06. The number of unbranched alkanes of at least 4 members (excludes halogenated alkanes) is 1. The maximum absolute atomic E-state index is 10.2. The lowest BCUT2D eigenvalue weighted by atomic mass is 9.82. The van der Waals surface area contributed by atoms with Crippen LogP contribution in [0.1, 0.15) is 74.5 Å². The Morgan fingerprint density at radius 3 is 2.56 bits per heavy atom. The standard InChI is InChI=1S/C17H26O/c1-3-4-8-15-12-16(17(18)11-13(15)2)14-9-6-5-7-10-14/h11-12,14,18H,3-10H2,1-2H3. The molecular formula is C17H26O. The molecule has 1 fully saturated rings. The number of hydrogen-bond acceptors (Lipinski definition) is 1. The van der Waals surface area contributed by atoms with E-state index in [0.717, 1.165) is 6.42 Å². The van der Waals surface area contributed by atoms with Crippen LogP contribution in [0.3, 0.4) is 0 Å². The predicted molar refractivity (Wildman–Crippen MR) is 77.3 cm³/mol. The van der Waals surface area contributed by atoms with Crippen LogP contribution >= 0.6 is 0 Å². The van der Waals surface area contributed by atoms with Gasteiger partial charge >= 0.3 is 0 Å². The molecule has 1 aliphatic rings. The number of rotatable bonds is 4. The molecule has 0 bridgehead atoms. The minimum absolute atomic E-state index is 0.527. The van der Waals surface area contributed by atoms with Crippen LogP contribution in [0.15, 0.2) is 12.1 Å². The molecule has 0 unspecified atom stereocenters. The number of aromatic hydroxyl groups is 1. The third kappa shape index (κ3) is 3.07. The Balaban J connectivity index is 2.22. The van der Waals surface area contributed by atoms with Crippen LogP contribution in [-0.2, 0) is 6.42 Å². The van der Waals surface area contributed by atoms with Gasteiger partial charge in [-0.2, -0.15) is 0 Å². The van der Waals surface area contributed by atoms with Gasteiger partial charge in [-0.15, -0.1) is 0 Å². The first-order valence-electron chi connectivity index (χ1n) is 7.54. The molecule has 1 aromatic rings. The van der Waals surface area contributed by atoms with Gasteiger partial charge in [-0.1, -0.05) is 38.7 Å². The third-order valence-corrected chi connectivity index (χ3v) is 4.33. The van der Waals surface area contributed by atoms with E-state index in [1.165, 1.54) is 61.6 Å². The van der Waals surface area contributed by atoms with E-state index >= 15 is 0 Å². The van der Waals surface area contributed by atoms with Gasteiger partial charge in [0, 0.05) is 0 Å². The highest BCUT2D eigenvalue weighted by Gasteiger charge is 2.19. The van der Waals surface area contributed by atoms with Crippen molar-refractivity contribution in [1.29, 1.82) is 0 Å². The Labute approximate surface area is 111 Å². The number of phenols is 1. The van der Waals surface area contributed by atoms with Crippen molar-refractivity contribution in [3.8, 4) is 5.75 Å². The predicted octanol–water partition coefficient (Wildman–Crippen LogP) is 5.09. The van der Waals surface area contributed by atoms with Crippen LogP contribution in [0.25, 0.3) is 0 Å². The van der Waals surface area contributed by atoms with E-state index in [1.807, 2.05) is 6.07 Å². The van der Waals surface area contributed by atoms with Gasteiger partial charge in [-0.3, -0.25) is 0 Å². The molecule has 0 saturated heterocycles. The molecule has 1 nitrogen and oxygen atoms in total. The monoisotopic (exact) mass is 246 g/mol. The van der Waals surface area contributed by atoms with Gasteiger partial charge in [-0.25, -0.2) is 0 Å². The minimum atomic E-state index is 0.527. The average Bonchev–Trinajstić information content (AvgIpc) is 2.39. The normalized spacial score (nSPS) is 17.0. The summed E-state index contributed by atoms with van der Waals surface area (Å²) in [6, 6.07) is 4.27. The zero-order valence-corrected chi connectivity index (χ0v) is 11.8. The fourth-order valence-corrected chi connectivity index (χ4v) is 3.13. The van der Waals surface area contributed by atoms with E-state index in [0.29, 0.717) is 11.7 Å². The van der Waals surface area contributed by atoms with Gasteiger partial charge < -0.3 is 5.11 Å². The first-order valence-corrected chi connectivity index (χ1v) is 7.54. The first kappa shape index (κ1) is 13.5. The van der Waals surface area contributed by atoms with Gasteiger partial charge in [0.25, 0.3) is 0 Å². The summed E-state index contributed by atoms with van der Waals surface area (Å²) < 4.78 is 0. The molecule has 100 valence electrons. The van der Waals surface area contributed by atoms with E-state index in [9.17, 15) is 5.11 Å². The van der Waals surface area contributed by atoms with Crippen LogP contribution in [0.2, 0.25) is 0 Å². The van der Waals surface area contributed by atoms with E-state index in [2.05, 4.69) is 19.9 Å². The fraction of sp³-hybridized carbons (Fsp3) is 0.647. The topological polar surface area (TPSA) is 20.2 Å². The molecule has 0 radical (unpaired) electrons. The van der Waals surface area contributed by atoms with Crippen LogP contribution in [0.5, 0.6) is 5.75 Å². The first-order chi connectivity index (χ1) is 8.72. The molecule has 1 heteroatoms. The maximum Gasteiger partial charge on any atom is 0.119 e. The minimum Gasteiger partial charge on any atom is -0.508 e. The van der Waals surface area contributed by atoms with E-state index in [1.54, 1.807) is 0 Å². The van der Waals surface area contributed by atoms with Crippen LogP contribution < -0.4 is 0 Å². The Bertz CT molecular complexity index is 389. The summed E-state index contributed by atoms with van der Waals surface area (Å²) in [5.74, 6) is 1.12. The molecule has 0 amide bonds. The summed E-state index contributed by atoms with van der Waals surface area (Å²) >= 11 is 0. The Kier molecular flexibility index (Phi) is 4.68. The second-order valence-corrected chi connectivity index (χ2v) is 5.78. The Morgan fingerprint density at radius 1 is 1.17 bits per heavy atom. The van der Waals surface area contributed by atoms with Crippen molar-refractivity contribution in [2.75, 3.05) is 0 Å². The summed E-state index contributed by atoms with van der Waals surface area (Å²) in [6.07, 6.45) is 10.2. The summed E-state index contributed by atoms with van der Waals surface area (Å²) in [6.45, 7) is 4.35. The third-order valence-electron chi connectivity index (χ3n) is 4.33. The van der Waals surface area contributed by atoms with Crippen molar-refractivity contribution in [3.05, 3.63) is 28.8 Å². The van der Waals surface area contributed by atoms with Crippen molar-refractivity contribution in [2.24, 2.45) is 0 Å². The van der Waals surface area contributed by atoms with Crippen LogP contribution in [0.4, 0.5) is 0 Å². The van der Waals surface area contributed by atoms with Crippen molar-refractivity contribution in [3.63, 3.8) is 0 Å². The molecule has 1 saturated carbocycles. The smallest absolute Gasteiger partial charge is 0.119 e. The molecule has 0 heterocycles. The quantitative estimate of drug-likeness (QED) is 0.784. The highest BCUT2D eigenvalue weighted by molar-refractivity contribution is 5.43. The summed E-state index contributed by atoms with van der Waals surface area (Å²) in [5.41, 5.74) is 3.90. The molecular weight excluding hydrogens is 220 g/mol. The van der Waals surface area contributed by atoms with Gasteiger partial charge in [-0.05, 0) is 61.3 Å². The molecule has 1 N–H and O–H groups in total. The highest BCUT2D eigenvalue weighted by Crippen LogP contribution is 2.38. The number of hydrogen-bond donors (Lipinski definition) is 1. The number of benzene rings is 1. The molecule has 18 heavy (non-hydrogen) atoms. The van der Waals surface area contributed by atoms with Crippen LogP contribution in [-0.4, -0.2) is 5.11 Å². The number of phenolic OH excluding ortho intramolecular Hbond substituents is 1. The summed E-state index contributed by atoms with van der Waals surface area (Å²) in [5, 5.41) is 10.2. The largest absolute Gasteiger partial charge is 0.508 e. The zero-order chi connectivity index (χ0) is 13.0. The summed E-state index contributed by atoms with van der Waals surface area (Å²) in [7, 11) is 0. The molecule has 0 aliphatic heterocycles. The fourth-order valence-electron chi connectivity index (χ4n) is 3.13. The van der Waals surface area contributed by atoms with Crippen molar-refractivity contribution in [1.82, 2.24) is 0 Å². The van der Waals surface area contributed by atoms with Crippen molar-refractivity contribution < 1.29 is 5.11 Å². The molecule has 1 aromatic carbocycles.